The SMILES string of the molecule is Cc1cccc(CNc2n[nH]c3nc([C@H]4CCN(CC(C)(C)C)C4)ccc23)n1. The molecule has 1 saturated heterocycles. The van der Waals surface area contributed by atoms with Crippen molar-refractivity contribution < 1.29 is 0 Å². The Balaban J connectivity index is 1.44. The Bertz CT molecular complexity index is 955. The molecule has 0 radical (unpaired) electrons. The van der Waals surface area contributed by atoms with Gasteiger partial charge in [-0.25, -0.2) is 4.98 Å². The van der Waals surface area contributed by atoms with Gasteiger partial charge in [-0.3, -0.25) is 10.1 Å². The zero-order chi connectivity index (χ0) is 19.7. The van der Waals surface area contributed by atoms with Gasteiger partial charge >= 0.3 is 0 Å². The molecule has 1 atom stereocenters. The molecule has 148 valence electrons. The van der Waals surface area contributed by atoms with Crippen LogP contribution in [0.25, 0.3) is 11.0 Å². The lowest BCUT2D eigenvalue weighted by molar-refractivity contribution is 0.225. The fourth-order valence-corrected chi connectivity index (χ4v) is 4.04. The quantitative estimate of drug-likeness (QED) is 0.699. The minimum Gasteiger partial charge on any atom is -0.362 e. The fourth-order valence-electron chi connectivity index (χ4n) is 4.04. The molecule has 1 aliphatic rings. The number of nitrogens with one attached hydrogen (secondary N) is 2. The molecule has 3 aromatic heterocycles. The highest BCUT2D eigenvalue weighted by Crippen LogP contribution is 2.30. The van der Waals surface area contributed by atoms with Crippen molar-refractivity contribution >= 4 is 16.9 Å². The molecule has 6 nitrogen and oxygen atoms in total. The Kier molecular flexibility index (Phi) is 5.06. The average molecular weight is 379 g/mol. The molecule has 0 amide bonds. The number of hydrogen-bond donors (Lipinski definition) is 2. The summed E-state index contributed by atoms with van der Waals surface area (Å²) in [6.07, 6.45) is 1.17. The van der Waals surface area contributed by atoms with Crippen molar-refractivity contribution in [3.05, 3.63) is 47.4 Å². The second-order valence-electron chi connectivity index (χ2n) is 9.11. The molecule has 3 aromatic rings. The number of nitrogens with zero attached hydrogens (tertiary/aromatic N) is 4. The van der Waals surface area contributed by atoms with Crippen LogP contribution in [0.3, 0.4) is 0 Å². The number of likely N-dealkylation sites (tertiary alicyclic amines) is 1. The first-order chi connectivity index (χ1) is 13.4. The van der Waals surface area contributed by atoms with Crippen molar-refractivity contribution in [2.45, 2.75) is 46.6 Å². The van der Waals surface area contributed by atoms with Crippen molar-refractivity contribution in [3.63, 3.8) is 0 Å². The standard InChI is InChI=1S/C22H30N6/c1-15-6-5-7-17(24-15)12-23-20-18-8-9-19(25-21(18)27-26-20)16-10-11-28(13-16)14-22(2,3)4/h5-9,16H,10-14H2,1-4H3,(H2,23,25,26,27)/t16-/m0/s1. The number of aromatic amines is 1. The van der Waals surface area contributed by atoms with E-state index in [1.54, 1.807) is 0 Å². The summed E-state index contributed by atoms with van der Waals surface area (Å²) in [6.45, 7) is 12.9. The lowest BCUT2D eigenvalue weighted by Crippen LogP contribution is -2.30. The summed E-state index contributed by atoms with van der Waals surface area (Å²) in [6, 6.07) is 10.4. The predicted molar refractivity (Wildman–Crippen MR) is 113 cm³/mol. The first kappa shape index (κ1) is 18.9. The molecule has 0 aromatic carbocycles. The zero-order valence-corrected chi connectivity index (χ0v) is 17.3. The Labute approximate surface area is 166 Å². The lowest BCUT2D eigenvalue weighted by atomic mass is 9.96. The second kappa shape index (κ2) is 7.51. The van der Waals surface area contributed by atoms with Crippen LogP contribution in [0.15, 0.2) is 30.3 Å². The van der Waals surface area contributed by atoms with Crippen LogP contribution in [0, 0.1) is 12.3 Å². The smallest absolute Gasteiger partial charge is 0.157 e. The topological polar surface area (TPSA) is 69.7 Å². The maximum absolute atomic E-state index is 4.88. The number of H-pyrrole nitrogens is 1. The van der Waals surface area contributed by atoms with Crippen molar-refractivity contribution in [1.29, 1.82) is 0 Å². The number of anilines is 1. The molecule has 0 spiro atoms. The van der Waals surface area contributed by atoms with Gasteiger partial charge in [0, 0.05) is 30.4 Å². The summed E-state index contributed by atoms with van der Waals surface area (Å²) >= 11 is 0. The minimum absolute atomic E-state index is 0.336. The van der Waals surface area contributed by atoms with Crippen LogP contribution in [-0.2, 0) is 6.54 Å². The van der Waals surface area contributed by atoms with Crippen LogP contribution < -0.4 is 5.32 Å². The monoisotopic (exact) mass is 378 g/mol. The maximum Gasteiger partial charge on any atom is 0.157 e. The summed E-state index contributed by atoms with van der Waals surface area (Å²) in [5.41, 5.74) is 4.38. The van der Waals surface area contributed by atoms with E-state index in [9.17, 15) is 0 Å². The van der Waals surface area contributed by atoms with E-state index in [0.29, 0.717) is 17.9 Å². The van der Waals surface area contributed by atoms with Gasteiger partial charge in [-0.2, -0.15) is 5.10 Å². The fraction of sp³-hybridized carbons (Fsp3) is 0.500. The number of aromatic nitrogens is 4. The largest absolute Gasteiger partial charge is 0.362 e. The molecular formula is C22H30N6. The van der Waals surface area contributed by atoms with E-state index in [1.165, 1.54) is 12.1 Å². The van der Waals surface area contributed by atoms with E-state index >= 15 is 0 Å². The number of aryl methyl sites for hydroxylation is 1. The molecule has 2 N–H and O–H groups in total. The molecule has 6 heteroatoms. The van der Waals surface area contributed by atoms with Gasteiger partial charge in [-0.1, -0.05) is 26.8 Å². The van der Waals surface area contributed by atoms with Gasteiger partial charge in [-0.05, 0) is 49.6 Å². The van der Waals surface area contributed by atoms with Gasteiger partial charge in [0.1, 0.15) is 0 Å². The number of hydrogen-bond acceptors (Lipinski definition) is 5. The van der Waals surface area contributed by atoms with Gasteiger partial charge in [0.05, 0.1) is 17.6 Å². The minimum atomic E-state index is 0.336. The van der Waals surface area contributed by atoms with Gasteiger partial charge in [0.15, 0.2) is 11.5 Å². The molecule has 0 saturated carbocycles. The van der Waals surface area contributed by atoms with E-state index in [-0.39, 0.29) is 0 Å². The van der Waals surface area contributed by atoms with Gasteiger partial charge in [0.2, 0.25) is 0 Å². The third-order valence-corrected chi connectivity index (χ3v) is 5.22. The summed E-state index contributed by atoms with van der Waals surface area (Å²) in [5.74, 6) is 1.33. The van der Waals surface area contributed by atoms with E-state index < -0.39 is 0 Å². The van der Waals surface area contributed by atoms with Crippen molar-refractivity contribution in [2.75, 3.05) is 25.0 Å². The zero-order valence-electron chi connectivity index (χ0n) is 17.3. The average Bonchev–Trinajstić information content (AvgIpc) is 3.25. The number of rotatable bonds is 5. The van der Waals surface area contributed by atoms with Crippen LogP contribution in [0.1, 0.15) is 50.2 Å². The van der Waals surface area contributed by atoms with Crippen molar-refractivity contribution in [3.8, 4) is 0 Å². The number of fused-ring (bicyclic) bond motifs is 1. The Morgan fingerprint density at radius 2 is 2.04 bits per heavy atom. The Morgan fingerprint density at radius 3 is 2.82 bits per heavy atom. The van der Waals surface area contributed by atoms with Crippen molar-refractivity contribution in [2.24, 2.45) is 5.41 Å². The van der Waals surface area contributed by atoms with Gasteiger partial charge in [-0.15, -0.1) is 0 Å². The Morgan fingerprint density at radius 1 is 1.18 bits per heavy atom. The normalized spacial score (nSPS) is 18.1. The number of pyridine rings is 2. The van der Waals surface area contributed by atoms with Gasteiger partial charge < -0.3 is 10.2 Å². The Hall–Kier alpha value is -2.47. The highest BCUT2D eigenvalue weighted by atomic mass is 15.2. The van der Waals surface area contributed by atoms with Crippen molar-refractivity contribution in [1.82, 2.24) is 25.1 Å². The second-order valence-corrected chi connectivity index (χ2v) is 9.11. The summed E-state index contributed by atoms with van der Waals surface area (Å²) < 4.78 is 0. The van der Waals surface area contributed by atoms with E-state index in [0.717, 1.165) is 47.9 Å². The van der Waals surface area contributed by atoms with Crippen LogP contribution >= 0.6 is 0 Å². The van der Waals surface area contributed by atoms with E-state index in [4.69, 9.17) is 4.98 Å². The molecule has 1 aliphatic heterocycles. The first-order valence-corrected chi connectivity index (χ1v) is 10.1. The predicted octanol–water partition coefficient (Wildman–Crippen LogP) is 4.11. The highest BCUT2D eigenvalue weighted by molar-refractivity contribution is 5.87. The van der Waals surface area contributed by atoms with Crippen LogP contribution in [0.2, 0.25) is 0 Å². The molecule has 1 fully saturated rings. The lowest BCUT2D eigenvalue weighted by Gasteiger charge is -2.26. The third kappa shape index (κ3) is 4.33. The maximum atomic E-state index is 4.88. The molecular weight excluding hydrogens is 348 g/mol. The molecule has 28 heavy (non-hydrogen) atoms. The highest BCUT2D eigenvalue weighted by Gasteiger charge is 2.28. The molecule has 4 rings (SSSR count). The van der Waals surface area contributed by atoms with Gasteiger partial charge in [0.25, 0.3) is 0 Å². The molecule has 0 aliphatic carbocycles. The molecule has 0 bridgehead atoms. The van der Waals surface area contributed by atoms with Crippen LogP contribution in [0.5, 0.6) is 0 Å². The first-order valence-electron chi connectivity index (χ1n) is 10.1. The third-order valence-electron chi connectivity index (χ3n) is 5.22. The molecule has 4 heterocycles. The molecule has 0 unspecified atom stereocenters. The summed E-state index contributed by atoms with van der Waals surface area (Å²) in [4.78, 5) is 12.0. The van der Waals surface area contributed by atoms with Crippen LogP contribution in [0.4, 0.5) is 5.82 Å². The summed E-state index contributed by atoms with van der Waals surface area (Å²) in [7, 11) is 0. The van der Waals surface area contributed by atoms with E-state index in [2.05, 4.69) is 58.3 Å². The summed E-state index contributed by atoms with van der Waals surface area (Å²) in [5, 5.41) is 11.9. The van der Waals surface area contributed by atoms with E-state index in [1.807, 2.05) is 25.1 Å². The van der Waals surface area contributed by atoms with Crippen LogP contribution in [-0.4, -0.2) is 44.7 Å².